The molecule has 1 aliphatic heterocycles. The molecule has 0 aliphatic carbocycles. The number of ether oxygens (including phenoxy) is 1. The number of nitrogens with zero attached hydrogens (tertiary/aromatic N) is 2. The molecule has 148 valence electrons. The molecule has 2 amide bonds. The van der Waals surface area contributed by atoms with Gasteiger partial charge in [0.2, 0.25) is 11.8 Å². The van der Waals surface area contributed by atoms with Crippen LogP contribution in [0.3, 0.4) is 0 Å². The van der Waals surface area contributed by atoms with Gasteiger partial charge in [0.05, 0.1) is 25.5 Å². The van der Waals surface area contributed by atoms with Crippen LogP contribution >= 0.6 is 23.2 Å². The van der Waals surface area contributed by atoms with Crippen LogP contribution in [0.25, 0.3) is 0 Å². The molecule has 1 aromatic rings. The first-order chi connectivity index (χ1) is 12.8. The molecule has 1 heterocycles. The van der Waals surface area contributed by atoms with E-state index in [2.05, 4.69) is 0 Å². The van der Waals surface area contributed by atoms with Crippen LogP contribution in [-0.2, 0) is 25.5 Å². The maximum absolute atomic E-state index is 12.6. The van der Waals surface area contributed by atoms with Crippen LogP contribution in [-0.4, -0.2) is 60.9 Å². The van der Waals surface area contributed by atoms with E-state index in [1.54, 1.807) is 37.1 Å². The van der Waals surface area contributed by atoms with Gasteiger partial charge in [0.1, 0.15) is 0 Å². The van der Waals surface area contributed by atoms with Gasteiger partial charge in [-0.15, -0.1) is 0 Å². The predicted molar refractivity (Wildman–Crippen MR) is 104 cm³/mol. The molecular weight excluding hydrogens is 391 g/mol. The van der Waals surface area contributed by atoms with Crippen molar-refractivity contribution in [3.8, 4) is 0 Å². The van der Waals surface area contributed by atoms with Crippen molar-refractivity contribution in [2.45, 2.75) is 26.2 Å². The second-order valence-electron chi connectivity index (χ2n) is 6.56. The highest BCUT2D eigenvalue weighted by atomic mass is 35.5. The van der Waals surface area contributed by atoms with E-state index in [-0.39, 0.29) is 36.7 Å². The Balaban J connectivity index is 1.92. The van der Waals surface area contributed by atoms with Gasteiger partial charge in [-0.3, -0.25) is 14.4 Å². The van der Waals surface area contributed by atoms with Crippen LogP contribution in [0, 0.1) is 5.92 Å². The molecule has 2 rings (SSSR count). The fraction of sp³-hybridized carbons (Fsp3) is 0.526. The average Bonchev–Trinajstić information content (AvgIpc) is 2.64. The lowest BCUT2D eigenvalue weighted by Gasteiger charge is -2.32. The molecule has 1 unspecified atom stereocenters. The fourth-order valence-electron chi connectivity index (χ4n) is 3.03. The number of carbonyl (C=O) groups is 3. The Kier molecular flexibility index (Phi) is 7.92. The third-order valence-electron chi connectivity index (χ3n) is 4.58. The summed E-state index contributed by atoms with van der Waals surface area (Å²) in [5, 5.41) is 0.841. The van der Waals surface area contributed by atoms with Gasteiger partial charge < -0.3 is 14.5 Å². The first kappa shape index (κ1) is 21.5. The highest BCUT2D eigenvalue weighted by Gasteiger charge is 2.30. The Labute approximate surface area is 169 Å². The van der Waals surface area contributed by atoms with E-state index in [1.807, 2.05) is 0 Å². The van der Waals surface area contributed by atoms with Gasteiger partial charge in [-0.2, -0.15) is 0 Å². The molecule has 8 heteroatoms. The SMILES string of the molecule is CCOC(=O)C1CCCN(C(=O)CN(C)C(=O)Cc2c(Cl)cccc2Cl)C1. The second-order valence-corrected chi connectivity index (χ2v) is 7.37. The number of rotatable bonds is 6. The maximum atomic E-state index is 12.6. The van der Waals surface area contributed by atoms with E-state index >= 15 is 0 Å². The quantitative estimate of drug-likeness (QED) is 0.671. The van der Waals surface area contributed by atoms with Crippen molar-refractivity contribution in [3.63, 3.8) is 0 Å². The molecule has 0 aromatic heterocycles. The molecule has 0 saturated carbocycles. The Morgan fingerprint density at radius 3 is 2.56 bits per heavy atom. The molecule has 6 nitrogen and oxygen atoms in total. The summed E-state index contributed by atoms with van der Waals surface area (Å²) >= 11 is 12.2. The van der Waals surface area contributed by atoms with E-state index in [4.69, 9.17) is 27.9 Å². The van der Waals surface area contributed by atoms with Gasteiger partial charge in [0, 0.05) is 30.2 Å². The number of hydrogen-bond acceptors (Lipinski definition) is 4. The summed E-state index contributed by atoms with van der Waals surface area (Å²) in [5.74, 6) is -1.01. The van der Waals surface area contributed by atoms with Gasteiger partial charge in [0.25, 0.3) is 0 Å². The minimum absolute atomic E-state index is 0.0216. The molecule has 0 radical (unpaired) electrons. The molecular formula is C19H24Cl2N2O4. The molecule has 1 aromatic carbocycles. The van der Waals surface area contributed by atoms with E-state index in [1.165, 1.54) is 4.90 Å². The normalized spacial score (nSPS) is 16.7. The van der Waals surface area contributed by atoms with Crippen LogP contribution in [0.1, 0.15) is 25.3 Å². The summed E-state index contributed by atoms with van der Waals surface area (Å²) in [5.41, 5.74) is 0.547. The lowest BCUT2D eigenvalue weighted by molar-refractivity contribution is -0.152. The zero-order valence-corrected chi connectivity index (χ0v) is 17.1. The number of halogens is 2. The van der Waals surface area contributed by atoms with Gasteiger partial charge in [0.15, 0.2) is 0 Å². The van der Waals surface area contributed by atoms with Crippen molar-refractivity contribution in [2.75, 3.05) is 33.3 Å². The summed E-state index contributed by atoms with van der Waals surface area (Å²) in [7, 11) is 1.57. The standard InChI is InChI=1S/C19H24Cl2N2O4/c1-3-27-19(26)13-6-5-9-23(11-13)18(25)12-22(2)17(24)10-14-15(20)7-4-8-16(14)21/h4,7-8,13H,3,5-6,9-12H2,1-2H3. The molecule has 1 aliphatic rings. The lowest BCUT2D eigenvalue weighted by Crippen LogP contribution is -2.47. The molecule has 0 bridgehead atoms. The van der Waals surface area contributed by atoms with Crippen LogP contribution in [0.4, 0.5) is 0 Å². The number of benzene rings is 1. The van der Waals surface area contributed by atoms with Gasteiger partial charge in [-0.25, -0.2) is 0 Å². The Morgan fingerprint density at radius 1 is 1.26 bits per heavy atom. The Bertz CT molecular complexity index is 691. The minimum atomic E-state index is -0.300. The van der Waals surface area contributed by atoms with E-state index in [0.717, 1.165) is 6.42 Å². The van der Waals surface area contributed by atoms with E-state index in [0.29, 0.717) is 41.7 Å². The number of carbonyl (C=O) groups excluding carboxylic acids is 3. The summed E-state index contributed by atoms with van der Waals surface area (Å²) in [6.07, 6.45) is 1.47. The van der Waals surface area contributed by atoms with E-state index < -0.39 is 0 Å². The zero-order valence-electron chi connectivity index (χ0n) is 15.5. The van der Waals surface area contributed by atoms with Crippen LogP contribution in [0.15, 0.2) is 18.2 Å². The van der Waals surface area contributed by atoms with Gasteiger partial charge in [-0.1, -0.05) is 29.3 Å². The Morgan fingerprint density at radius 2 is 1.93 bits per heavy atom. The number of likely N-dealkylation sites (N-methyl/N-ethyl adjacent to an activating group) is 1. The van der Waals surface area contributed by atoms with Gasteiger partial charge in [-0.05, 0) is 37.5 Å². The third-order valence-corrected chi connectivity index (χ3v) is 5.29. The van der Waals surface area contributed by atoms with Crippen molar-refractivity contribution in [1.82, 2.24) is 9.80 Å². The highest BCUT2D eigenvalue weighted by molar-refractivity contribution is 6.36. The molecule has 27 heavy (non-hydrogen) atoms. The predicted octanol–water partition coefficient (Wildman–Crippen LogP) is 2.80. The number of hydrogen-bond donors (Lipinski definition) is 0. The Hall–Kier alpha value is -1.79. The van der Waals surface area contributed by atoms with Crippen LogP contribution in [0.2, 0.25) is 10.0 Å². The smallest absolute Gasteiger partial charge is 0.310 e. The highest BCUT2D eigenvalue weighted by Crippen LogP contribution is 2.25. The van der Waals surface area contributed by atoms with Crippen molar-refractivity contribution in [3.05, 3.63) is 33.8 Å². The molecule has 0 spiro atoms. The van der Waals surface area contributed by atoms with Crippen LogP contribution < -0.4 is 0 Å². The minimum Gasteiger partial charge on any atom is -0.466 e. The zero-order chi connectivity index (χ0) is 20.0. The fourth-order valence-corrected chi connectivity index (χ4v) is 3.57. The number of esters is 1. The number of likely N-dealkylation sites (tertiary alicyclic amines) is 1. The average molecular weight is 415 g/mol. The van der Waals surface area contributed by atoms with Crippen molar-refractivity contribution in [1.29, 1.82) is 0 Å². The summed E-state index contributed by atoms with van der Waals surface area (Å²) in [6, 6.07) is 5.05. The molecule has 1 atom stereocenters. The third kappa shape index (κ3) is 5.84. The number of amides is 2. The summed E-state index contributed by atoms with van der Waals surface area (Å²) in [6.45, 7) is 2.93. The van der Waals surface area contributed by atoms with Crippen LogP contribution in [0.5, 0.6) is 0 Å². The first-order valence-corrected chi connectivity index (χ1v) is 9.70. The van der Waals surface area contributed by atoms with Crippen molar-refractivity contribution in [2.24, 2.45) is 5.92 Å². The van der Waals surface area contributed by atoms with Crippen molar-refractivity contribution < 1.29 is 19.1 Å². The van der Waals surface area contributed by atoms with Gasteiger partial charge >= 0.3 is 5.97 Å². The summed E-state index contributed by atoms with van der Waals surface area (Å²) < 4.78 is 5.05. The molecule has 1 fully saturated rings. The van der Waals surface area contributed by atoms with Crippen molar-refractivity contribution >= 4 is 41.0 Å². The maximum Gasteiger partial charge on any atom is 0.310 e. The largest absolute Gasteiger partial charge is 0.466 e. The number of piperidine rings is 1. The lowest BCUT2D eigenvalue weighted by atomic mass is 9.98. The topological polar surface area (TPSA) is 66.9 Å². The monoisotopic (exact) mass is 414 g/mol. The van der Waals surface area contributed by atoms with E-state index in [9.17, 15) is 14.4 Å². The molecule has 0 N–H and O–H groups in total. The molecule has 1 saturated heterocycles. The summed E-state index contributed by atoms with van der Waals surface area (Å²) in [4.78, 5) is 39.9. The second kappa shape index (κ2) is 9.95. The first-order valence-electron chi connectivity index (χ1n) is 8.94.